The van der Waals surface area contributed by atoms with Crippen molar-refractivity contribution in [2.75, 3.05) is 27.8 Å². The van der Waals surface area contributed by atoms with Crippen LogP contribution in [0, 0.1) is 0 Å². The molecule has 1 aromatic rings. The van der Waals surface area contributed by atoms with Crippen LogP contribution in [0.2, 0.25) is 0 Å². The number of benzene rings is 1. The van der Waals surface area contributed by atoms with Gasteiger partial charge in [-0.2, -0.15) is 0 Å². The third-order valence-corrected chi connectivity index (χ3v) is 4.18. The van der Waals surface area contributed by atoms with Gasteiger partial charge >= 0.3 is 0 Å². The van der Waals surface area contributed by atoms with Crippen LogP contribution in [0.25, 0.3) is 6.08 Å². The maximum atomic E-state index is 12.1. The van der Waals surface area contributed by atoms with Crippen LogP contribution in [-0.4, -0.2) is 49.8 Å². The van der Waals surface area contributed by atoms with Crippen LogP contribution in [-0.2, 0) is 9.59 Å². The molecular formula is C15H15N2O5S-. The second-order valence-corrected chi connectivity index (χ2v) is 5.56. The number of likely N-dealkylation sites (N-methyl/N-ethyl adjacent to an activating group) is 1. The molecule has 1 aromatic carbocycles. The molecule has 0 atom stereocenters. The predicted molar refractivity (Wildman–Crippen MR) is 85.2 cm³/mol. The summed E-state index contributed by atoms with van der Waals surface area (Å²) in [5, 5.41) is 11.1. The van der Waals surface area contributed by atoms with Crippen molar-refractivity contribution in [2.24, 2.45) is 4.99 Å². The second kappa shape index (κ2) is 7.19. The number of methoxy groups -OCH3 is 1. The fourth-order valence-electron chi connectivity index (χ4n) is 1.93. The number of carboxylic acid groups (broad SMARTS) is 1. The number of aliphatic carboxylic acids is 1. The first-order valence-corrected chi connectivity index (χ1v) is 7.43. The Labute approximate surface area is 137 Å². The smallest absolute Gasteiger partial charge is 0.266 e. The molecule has 122 valence electrons. The molecule has 0 aromatic heterocycles. The highest BCUT2D eigenvalue weighted by Gasteiger charge is 2.29. The number of carbonyl (C=O) groups excluding carboxylic acids is 2. The van der Waals surface area contributed by atoms with Crippen LogP contribution in [0.3, 0.4) is 0 Å². The molecular weight excluding hydrogens is 320 g/mol. The molecule has 1 fully saturated rings. The van der Waals surface area contributed by atoms with E-state index in [0.717, 1.165) is 5.56 Å². The van der Waals surface area contributed by atoms with E-state index in [0.29, 0.717) is 15.8 Å². The molecule has 0 saturated carbocycles. The molecule has 1 amide bonds. The van der Waals surface area contributed by atoms with Crippen LogP contribution >= 0.6 is 11.8 Å². The molecule has 1 saturated heterocycles. The van der Waals surface area contributed by atoms with E-state index >= 15 is 0 Å². The topological polar surface area (TPSA) is 91.3 Å². The first-order valence-electron chi connectivity index (χ1n) is 6.61. The molecule has 0 spiro atoms. The Bertz CT molecular complexity index is 699. The van der Waals surface area contributed by atoms with Crippen molar-refractivity contribution in [3.63, 3.8) is 0 Å². The number of carbonyl (C=O) groups is 2. The summed E-state index contributed by atoms with van der Waals surface area (Å²) in [4.78, 5) is 28.6. The highest BCUT2D eigenvalue weighted by molar-refractivity contribution is 8.18. The number of nitrogens with zero attached hydrogens (tertiary/aromatic N) is 2. The molecule has 1 aliphatic rings. The highest BCUT2D eigenvalue weighted by atomic mass is 32.2. The Balaban J connectivity index is 2.26. The Hall–Kier alpha value is -2.48. The molecule has 0 radical (unpaired) electrons. The number of aliphatic imine (C=N–C) groups is 1. The van der Waals surface area contributed by atoms with Gasteiger partial charge in [0.05, 0.1) is 18.0 Å². The Morgan fingerprint density at radius 2 is 2.17 bits per heavy atom. The molecule has 8 heteroatoms. The number of hydrogen-bond acceptors (Lipinski definition) is 7. The number of amidine groups is 1. The molecule has 0 aliphatic carbocycles. The Morgan fingerprint density at radius 1 is 1.43 bits per heavy atom. The lowest BCUT2D eigenvalue weighted by molar-refractivity contribution is -0.307. The number of amides is 1. The van der Waals surface area contributed by atoms with E-state index in [2.05, 4.69) is 4.99 Å². The van der Waals surface area contributed by atoms with Crippen molar-refractivity contribution in [3.8, 4) is 11.5 Å². The number of carboxylic acids is 1. The highest BCUT2D eigenvalue weighted by Crippen LogP contribution is 2.33. The van der Waals surface area contributed by atoms with Crippen molar-refractivity contribution in [1.29, 1.82) is 0 Å². The number of hydrogen-bond donors (Lipinski definition) is 0. The molecule has 0 bridgehead atoms. The average Bonchev–Trinajstić information content (AvgIpc) is 2.81. The van der Waals surface area contributed by atoms with Crippen LogP contribution in [0.5, 0.6) is 11.5 Å². The van der Waals surface area contributed by atoms with Gasteiger partial charge in [0.25, 0.3) is 5.91 Å². The summed E-state index contributed by atoms with van der Waals surface area (Å²) in [5.41, 5.74) is 0.726. The normalized spacial score (nSPS) is 17.9. The average molecular weight is 335 g/mol. The van der Waals surface area contributed by atoms with Gasteiger partial charge in [-0.1, -0.05) is 6.07 Å². The zero-order valence-corrected chi connectivity index (χ0v) is 13.7. The molecule has 2 rings (SSSR count). The summed E-state index contributed by atoms with van der Waals surface area (Å²) in [7, 11) is 4.74. The van der Waals surface area contributed by atoms with Gasteiger partial charge in [-0.05, 0) is 35.5 Å². The van der Waals surface area contributed by atoms with Crippen molar-refractivity contribution in [2.45, 2.75) is 0 Å². The fraction of sp³-hybridized carbons (Fsp3) is 0.267. The van der Waals surface area contributed by atoms with Gasteiger partial charge in [-0.3, -0.25) is 14.7 Å². The van der Waals surface area contributed by atoms with E-state index in [1.807, 2.05) is 0 Å². The van der Waals surface area contributed by atoms with Crippen molar-refractivity contribution >= 4 is 34.9 Å². The minimum absolute atomic E-state index is 0.133. The SMILES string of the molecule is CN=C1S/C(=C/c2ccc(OCC(=O)[O-])c(OC)c2)C(=O)N1C. The molecule has 0 unspecified atom stereocenters. The summed E-state index contributed by atoms with van der Waals surface area (Å²) in [6.07, 6.45) is 1.72. The van der Waals surface area contributed by atoms with E-state index < -0.39 is 12.6 Å². The first kappa shape index (κ1) is 16.9. The summed E-state index contributed by atoms with van der Waals surface area (Å²) >= 11 is 1.28. The summed E-state index contributed by atoms with van der Waals surface area (Å²) in [6.45, 7) is -0.563. The lowest BCUT2D eigenvalue weighted by atomic mass is 10.2. The fourth-order valence-corrected chi connectivity index (χ4v) is 2.86. The summed E-state index contributed by atoms with van der Waals surface area (Å²) in [5.74, 6) is -0.793. The lowest BCUT2D eigenvalue weighted by Crippen LogP contribution is -2.29. The number of ether oxygens (including phenoxy) is 2. The predicted octanol–water partition coefficient (Wildman–Crippen LogP) is 0.356. The van der Waals surface area contributed by atoms with Crippen LogP contribution < -0.4 is 14.6 Å². The summed E-state index contributed by atoms with van der Waals surface area (Å²) in [6, 6.07) is 4.94. The largest absolute Gasteiger partial charge is 0.546 e. The van der Waals surface area contributed by atoms with Gasteiger partial charge in [0.1, 0.15) is 6.61 Å². The van der Waals surface area contributed by atoms with Gasteiger partial charge in [-0.15, -0.1) is 0 Å². The maximum absolute atomic E-state index is 12.1. The Morgan fingerprint density at radius 3 is 2.74 bits per heavy atom. The van der Waals surface area contributed by atoms with E-state index in [9.17, 15) is 14.7 Å². The zero-order chi connectivity index (χ0) is 17.0. The minimum atomic E-state index is -1.32. The van der Waals surface area contributed by atoms with Gasteiger partial charge in [0, 0.05) is 14.1 Å². The van der Waals surface area contributed by atoms with Gasteiger partial charge < -0.3 is 19.4 Å². The van der Waals surface area contributed by atoms with Crippen molar-refractivity contribution in [1.82, 2.24) is 4.90 Å². The van der Waals surface area contributed by atoms with Crippen molar-refractivity contribution < 1.29 is 24.2 Å². The van der Waals surface area contributed by atoms with Crippen LogP contribution in [0.1, 0.15) is 5.56 Å². The van der Waals surface area contributed by atoms with E-state index in [-0.39, 0.29) is 11.7 Å². The molecule has 0 N–H and O–H groups in total. The molecule has 1 aliphatic heterocycles. The van der Waals surface area contributed by atoms with Gasteiger partial charge in [0.15, 0.2) is 16.7 Å². The third-order valence-electron chi connectivity index (χ3n) is 3.03. The maximum Gasteiger partial charge on any atom is 0.266 e. The third kappa shape index (κ3) is 3.84. The van der Waals surface area contributed by atoms with Gasteiger partial charge in [-0.25, -0.2) is 0 Å². The number of thioether (sulfide) groups is 1. The standard InChI is InChI=1S/C15H16N2O5S/c1-16-15-17(2)14(20)12(23-15)7-9-4-5-10(11(6-9)21-3)22-8-13(18)19/h4-7H,8H2,1-3H3,(H,18,19)/p-1/b12-7+,16-15?. The zero-order valence-electron chi connectivity index (χ0n) is 12.9. The second-order valence-electron chi connectivity index (χ2n) is 4.55. The van der Waals surface area contributed by atoms with E-state index in [1.165, 1.54) is 23.8 Å². The molecule has 23 heavy (non-hydrogen) atoms. The quantitative estimate of drug-likeness (QED) is 0.722. The van der Waals surface area contributed by atoms with Crippen LogP contribution in [0.4, 0.5) is 0 Å². The van der Waals surface area contributed by atoms with Crippen molar-refractivity contribution in [3.05, 3.63) is 28.7 Å². The Kier molecular flexibility index (Phi) is 5.28. The van der Waals surface area contributed by atoms with E-state index in [1.54, 1.807) is 38.4 Å². The van der Waals surface area contributed by atoms with Gasteiger partial charge in [0.2, 0.25) is 0 Å². The van der Waals surface area contributed by atoms with Crippen LogP contribution in [0.15, 0.2) is 28.1 Å². The lowest BCUT2D eigenvalue weighted by Gasteiger charge is -2.11. The monoisotopic (exact) mass is 335 g/mol. The minimum Gasteiger partial charge on any atom is -0.546 e. The van der Waals surface area contributed by atoms with E-state index in [4.69, 9.17) is 9.47 Å². The number of rotatable bonds is 5. The molecule has 7 nitrogen and oxygen atoms in total. The first-order chi connectivity index (χ1) is 11.0. The summed E-state index contributed by atoms with van der Waals surface area (Å²) < 4.78 is 10.3. The molecule has 1 heterocycles.